The van der Waals surface area contributed by atoms with Gasteiger partial charge in [0.2, 0.25) is 0 Å². The van der Waals surface area contributed by atoms with E-state index in [0.717, 1.165) is 4.47 Å². The van der Waals surface area contributed by atoms with Crippen LogP contribution in [0.2, 0.25) is 0 Å². The number of hydrogen-bond acceptors (Lipinski definition) is 4. The van der Waals surface area contributed by atoms with E-state index in [0.29, 0.717) is 5.75 Å². The number of aromatic amines is 1. The van der Waals surface area contributed by atoms with E-state index in [-0.39, 0.29) is 11.5 Å². The fourth-order valence-electron chi connectivity index (χ4n) is 1.13. The number of nitrogen functional groups attached to an aromatic ring is 1. The molecule has 1 heterocycles. The number of nitrogens with two attached hydrogens (primary N) is 1. The minimum atomic E-state index is -0.526. The van der Waals surface area contributed by atoms with Crippen LogP contribution in [0.15, 0.2) is 34.8 Å². The van der Waals surface area contributed by atoms with Gasteiger partial charge in [-0.05, 0) is 18.2 Å². The number of rotatable bonds is 2. The lowest BCUT2D eigenvalue weighted by molar-refractivity contribution is 0.0728. The first-order valence-corrected chi connectivity index (χ1v) is 5.23. The van der Waals surface area contributed by atoms with Gasteiger partial charge in [-0.3, -0.25) is 5.10 Å². The van der Waals surface area contributed by atoms with Crippen LogP contribution >= 0.6 is 15.9 Å². The summed E-state index contributed by atoms with van der Waals surface area (Å²) >= 11 is 3.28. The summed E-state index contributed by atoms with van der Waals surface area (Å²) in [5.41, 5.74) is 5.60. The van der Waals surface area contributed by atoms with Crippen molar-refractivity contribution in [2.75, 3.05) is 5.73 Å². The Balaban J connectivity index is 2.13. The number of carbonyl (C=O) groups is 1. The molecule has 16 heavy (non-hydrogen) atoms. The highest BCUT2D eigenvalue weighted by atomic mass is 79.9. The molecule has 3 N–H and O–H groups in total. The first-order chi connectivity index (χ1) is 7.65. The highest BCUT2D eigenvalue weighted by molar-refractivity contribution is 9.10. The first-order valence-electron chi connectivity index (χ1n) is 4.44. The van der Waals surface area contributed by atoms with Crippen molar-refractivity contribution in [2.24, 2.45) is 0 Å². The summed E-state index contributed by atoms with van der Waals surface area (Å²) in [5, 5.41) is 6.12. The number of nitrogens with zero attached hydrogens (tertiary/aromatic N) is 1. The van der Waals surface area contributed by atoms with Crippen LogP contribution in [0.25, 0.3) is 0 Å². The van der Waals surface area contributed by atoms with Crippen LogP contribution in [0.3, 0.4) is 0 Å². The van der Waals surface area contributed by atoms with Gasteiger partial charge in [-0.2, -0.15) is 5.10 Å². The maximum absolute atomic E-state index is 11.6. The minimum absolute atomic E-state index is 0.220. The number of hydrogen-bond donors (Lipinski definition) is 2. The van der Waals surface area contributed by atoms with Gasteiger partial charge in [0.1, 0.15) is 17.3 Å². The molecule has 82 valence electrons. The van der Waals surface area contributed by atoms with Gasteiger partial charge in [0.15, 0.2) is 0 Å². The standard InChI is InChI=1S/C10H8BrN3O2/c11-6-2-1-3-7(4-6)16-10(15)8-5-9(12)14-13-8/h1-5H,(H3,12,13,14). The maximum atomic E-state index is 11.6. The van der Waals surface area contributed by atoms with E-state index in [9.17, 15) is 4.79 Å². The Kier molecular flexibility index (Phi) is 2.91. The zero-order valence-corrected chi connectivity index (χ0v) is 9.69. The normalized spacial score (nSPS) is 10.1. The number of aromatic nitrogens is 2. The molecule has 0 aliphatic carbocycles. The molecule has 0 fully saturated rings. The second-order valence-corrected chi connectivity index (χ2v) is 3.97. The molecule has 0 aliphatic heterocycles. The topological polar surface area (TPSA) is 81.0 Å². The van der Waals surface area contributed by atoms with Crippen molar-refractivity contribution in [3.8, 4) is 5.75 Å². The first kappa shape index (κ1) is 10.7. The zero-order valence-electron chi connectivity index (χ0n) is 8.11. The molecule has 6 heteroatoms. The Hall–Kier alpha value is -1.82. The van der Waals surface area contributed by atoms with E-state index in [1.807, 2.05) is 6.07 Å². The Morgan fingerprint density at radius 3 is 2.88 bits per heavy atom. The van der Waals surface area contributed by atoms with E-state index in [1.165, 1.54) is 6.07 Å². The van der Waals surface area contributed by atoms with Gasteiger partial charge in [0, 0.05) is 10.5 Å². The second kappa shape index (κ2) is 4.36. The van der Waals surface area contributed by atoms with Gasteiger partial charge < -0.3 is 10.5 Å². The molecule has 0 spiro atoms. The molecule has 0 bridgehead atoms. The number of esters is 1. The highest BCUT2D eigenvalue weighted by Crippen LogP contribution is 2.18. The molecular weight excluding hydrogens is 274 g/mol. The molecule has 1 aromatic heterocycles. The number of nitrogens with one attached hydrogen (secondary N) is 1. The summed E-state index contributed by atoms with van der Waals surface area (Å²) in [5.74, 6) is 0.177. The lowest BCUT2D eigenvalue weighted by atomic mass is 10.3. The van der Waals surface area contributed by atoms with Crippen molar-refractivity contribution >= 4 is 27.7 Å². The molecule has 0 atom stereocenters. The lowest BCUT2D eigenvalue weighted by Crippen LogP contribution is -2.08. The van der Waals surface area contributed by atoms with Crippen molar-refractivity contribution in [1.82, 2.24) is 10.2 Å². The average molecular weight is 282 g/mol. The highest BCUT2D eigenvalue weighted by Gasteiger charge is 2.11. The molecule has 0 amide bonds. The van der Waals surface area contributed by atoms with Gasteiger partial charge in [0.05, 0.1) is 0 Å². The molecule has 2 aromatic rings. The number of halogens is 1. The quantitative estimate of drug-likeness (QED) is 0.651. The molecule has 0 saturated carbocycles. The van der Waals surface area contributed by atoms with Crippen molar-refractivity contribution in [3.05, 3.63) is 40.5 Å². The van der Waals surface area contributed by atoms with Crippen molar-refractivity contribution in [3.63, 3.8) is 0 Å². The average Bonchev–Trinajstić information content (AvgIpc) is 2.65. The molecule has 0 unspecified atom stereocenters. The van der Waals surface area contributed by atoms with Gasteiger partial charge in [-0.15, -0.1) is 0 Å². The fourth-order valence-corrected chi connectivity index (χ4v) is 1.51. The molecule has 0 radical (unpaired) electrons. The Morgan fingerprint density at radius 2 is 2.25 bits per heavy atom. The van der Waals surface area contributed by atoms with E-state index in [1.54, 1.807) is 18.2 Å². The number of benzene rings is 1. The Labute approximate surface area is 99.7 Å². The van der Waals surface area contributed by atoms with Gasteiger partial charge >= 0.3 is 5.97 Å². The van der Waals surface area contributed by atoms with Crippen LogP contribution in [0.5, 0.6) is 5.75 Å². The Morgan fingerprint density at radius 1 is 1.44 bits per heavy atom. The number of carbonyl (C=O) groups excluding carboxylic acids is 1. The zero-order chi connectivity index (χ0) is 11.5. The molecular formula is C10H8BrN3O2. The van der Waals surface area contributed by atoms with E-state index >= 15 is 0 Å². The Bertz CT molecular complexity index is 524. The van der Waals surface area contributed by atoms with Crippen LogP contribution in [-0.4, -0.2) is 16.2 Å². The van der Waals surface area contributed by atoms with Crippen molar-refractivity contribution in [2.45, 2.75) is 0 Å². The van der Waals surface area contributed by atoms with Gasteiger partial charge in [-0.25, -0.2) is 4.79 Å². The number of H-pyrrole nitrogens is 1. The van der Waals surface area contributed by atoms with Crippen molar-refractivity contribution < 1.29 is 9.53 Å². The smallest absolute Gasteiger partial charge is 0.361 e. The third-order valence-corrected chi connectivity index (χ3v) is 2.32. The van der Waals surface area contributed by atoms with Crippen LogP contribution in [0.1, 0.15) is 10.5 Å². The van der Waals surface area contributed by atoms with Crippen LogP contribution in [0.4, 0.5) is 5.82 Å². The number of anilines is 1. The van der Waals surface area contributed by atoms with E-state index < -0.39 is 5.97 Å². The molecule has 1 aromatic carbocycles. The maximum Gasteiger partial charge on any atom is 0.361 e. The van der Waals surface area contributed by atoms with E-state index in [4.69, 9.17) is 10.5 Å². The monoisotopic (exact) mass is 281 g/mol. The lowest BCUT2D eigenvalue weighted by Gasteiger charge is -2.02. The summed E-state index contributed by atoms with van der Waals surface area (Å²) in [4.78, 5) is 11.6. The number of ether oxygens (including phenoxy) is 1. The fraction of sp³-hybridized carbons (Fsp3) is 0. The van der Waals surface area contributed by atoms with E-state index in [2.05, 4.69) is 26.1 Å². The third kappa shape index (κ3) is 2.40. The van der Waals surface area contributed by atoms with Crippen LogP contribution in [-0.2, 0) is 0 Å². The summed E-state index contributed by atoms with van der Waals surface area (Å²) in [6, 6.07) is 8.40. The minimum Gasteiger partial charge on any atom is -0.422 e. The van der Waals surface area contributed by atoms with Crippen molar-refractivity contribution in [1.29, 1.82) is 0 Å². The second-order valence-electron chi connectivity index (χ2n) is 3.05. The molecule has 5 nitrogen and oxygen atoms in total. The largest absolute Gasteiger partial charge is 0.422 e. The van der Waals surface area contributed by atoms with Crippen LogP contribution in [0, 0.1) is 0 Å². The summed E-state index contributed by atoms with van der Waals surface area (Å²) in [6.07, 6.45) is 0. The summed E-state index contributed by atoms with van der Waals surface area (Å²) < 4.78 is 5.93. The SMILES string of the molecule is Nc1cc(C(=O)Oc2cccc(Br)c2)[nH]n1. The molecule has 0 saturated heterocycles. The van der Waals surface area contributed by atoms with Crippen LogP contribution < -0.4 is 10.5 Å². The predicted octanol–water partition coefficient (Wildman–Crippen LogP) is 1.97. The molecule has 0 aliphatic rings. The summed E-state index contributed by atoms with van der Waals surface area (Å²) in [7, 11) is 0. The van der Waals surface area contributed by atoms with Gasteiger partial charge in [-0.1, -0.05) is 22.0 Å². The third-order valence-electron chi connectivity index (χ3n) is 1.82. The predicted molar refractivity (Wildman–Crippen MR) is 62.1 cm³/mol. The molecule has 2 rings (SSSR count). The van der Waals surface area contributed by atoms with Gasteiger partial charge in [0.25, 0.3) is 0 Å². The summed E-state index contributed by atoms with van der Waals surface area (Å²) in [6.45, 7) is 0.